The van der Waals surface area contributed by atoms with Crippen LogP contribution in [-0.4, -0.2) is 63.3 Å². The van der Waals surface area contributed by atoms with Crippen molar-refractivity contribution in [3.05, 3.63) is 30.6 Å². The summed E-state index contributed by atoms with van der Waals surface area (Å²) in [7, 11) is 1.90. The molecule has 1 aromatic carbocycles. The summed E-state index contributed by atoms with van der Waals surface area (Å²) in [5.74, 6) is 1.97. The number of likely N-dealkylation sites (tertiary alicyclic amines) is 1. The van der Waals surface area contributed by atoms with Gasteiger partial charge in [0.15, 0.2) is 0 Å². The minimum Gasteiger partial charge on any atom is -0.488 e. The molecule has 0 bridgehead atoms. The number of carbonyl (C=O) groups is 1. The fourth-order valence-corrected chi connectivity index (χ4v) is 4.91. The minimum absolute atomic E-state index is 0.0306. The van der Waals surface area contributed by atoms with Crippen LogP contribution in [0.3, 0.4) is 0 Å². The van der Waals surface area contributed by atoms with Gasteiger partial charge in [0.2, 0.25) is 5.91 Å². The highest BCUT2D eigenvalue weighted by atomic mass is 16.5. The Balaban J connectivity index is 1.30. The molecule has 2 aliphatic heterocycles. The van der Waals surface area contributed by atoms with E-state index in [1.807, 2.05) is 36.2 Å². The third kappa shape index (κ3) is 3.04. The summed E-state index contributed by atoms with van der Waals surface area (Å²) in [6.07, 6.45) is 5.56. The van der Waals surface area contributed by atoms with Crippen molar-refractivity contribution in [2.45, 2.75) is 38.2 Å². The lowest BCUT2D eigenvalue weighted by molar-refractivity contribution is -0.134. The van der Waals surface area contributed by atoms with E-state index >= 15 is 0 Å². The summed E-state index contributed by atoms with van der Waals surface area (Å²) in [5.41, 5.74) is 2.21. The third-order valence-electron chi connectivity index (χ3n) is 7.15. The van der Waals surface area contributed by atoms with Gasteiger partial charge < -0.3 is 14.5 Å². The van der Waals surface area contributed by atoms with Crippen LogP contribution in [0.1, 0.15) is 32.6 Å². The van der Waals surface area contributed by atoms with Crippen LogP contribution in [0.4, 0.5) is 5.82 Å². The zero-order valence-corrected chi connectivity index (χ0v) is 17.9. The van der Waals surface area contributed by atoms with Gasteiger partial charge in [-0.3, -0.25) is 9.89 Å². The zero-order valence-electron chi connectivity index (χ0n) is 17.9. The van der Waals surface area contributed by atoms with Crippen molar-refractivity contribution >= 4 is 22.6 Å². The van der Waals surface area contributed by atoms with Gasteiger partial charge >= 0.3 is 0 Å². The summed E-state index contributed by atoms with van der Waals surface area (Å²) < 4.78 is 6.14. The Labute approximate surface area is 180 Å². The maximum absolute atomic E-state index is 12.7. The first-order valence-corrected chi connectivity index (χ1v) is 10.9. The van der Waals surface area contributed by atoms with Crippen LogP contribution < -0.4 is 9.64 Å². The molecule has 1 aliphatic carbocycles. The van der Waals surface area contributed by atoms with Crippen molar-refractivity contribution in [3.8, 4) is 17.1 Å². The van der Waals surface area contributed by atoms with E-state index in [2.05, 4.69) is 32.0 Å². The van der Waals surface area contributed by atoms with Gasteiger partial charge in [-0.1, -0.05) is 0 Å². The quantitative estimate of drug-likeness (QED) is 0.701. The Morgan fingerprint density at radius 3 is 2.71 bits per heavy atom. The van der Waals surface area contributed by atoms with Gasteiger partial charge in [-0.2, -0.15) is 5.10 Å². The van der Waals surface area contributed by atoms with Gasteiger partial charge in [0.05, 0.1) is 16.6 Å². The molecule has 1 amide bonds. The number of ether oxygens (including phenoxy) is 1. The number of fused-ring (bicyclic) bond motifs is 1. The fraction of sp³-hybridized carbons (Fsp3) is 0.478. The monoisotopic (exact) mass is 418 g/mol. The van der Waals surface area contributed by atoms with Crippen molar-refractivity contribution in [1.82, 2.24) is 25.1 Å². The second kappa shape index (κ2) is 6.42. The standard InChI is InChI=1S/C23H26N6O2/c1-22(5-6-22)31-15-3-4-17-16(11-15)20(27-26-17)18-12-19(25-14-24-18)29-10-8-23(13-29)7-9-28(2)21(23)30/h3-4,11-12,14H,5-10,13H2,1-2H3,(H,26,27). The van der Waals surface area contributed by atoms with Gasteiger partial charge in [0, 0.05) is 38.1 Å². The maximum Gasteiger partial charge on any atom is 0.230 e. The average molecular weight is 419 g/mol. The van der Waals surface area contributed by atoms with Crippen LogP contribution >= 0.6 is 0 Å². The number of hydrogen-bond donors (Lipinski definition) is 1. The molecule has 3 fully saturated rings. The zero-order chi connectivity index (χ0) is 21.2. The SMILES string of the molecule is CN1CCC2(CCN(c3cc(-c4n[nH]c5ccc(OC6(C)CC6)cc45)ncn3)C2)C1=O. The first kappa shape index (κ1) is 18.6. The molecule has 1 atom stereocenters. The van der Waals surface area contributed by atoms with E-state index in [4.69, 9.17) is 4.74 Å². The molecule has 4 heterocycles. The molecule has 31 heavy (non-hydrogen) atoms. The molecule has 1 N–H and O–H groups in total. The number of rotatable bonds is 4. The number of H-pyrrole nitrogens is 1. The number of nitrogens with one attached hydrogen (secondary N) is 1. The van der Waals surface area contributed by atoms with Gasteiger partial charge in [0.1, 0.15) is 29.2 Å². The number of aromatic amines is 1. The summed E-state index contributed by atoms with van der Waals surface area (Å²) in [6.45, 7) is 4.52. The fourth-order valence-electron chi connectivity index (χ4n) is 4.91. The molecule has 3 aliphatic rings. The van der Waals surface area contributed by atoms with Gasteiger partial charge in [-0.15, -0.1) is 0 Å². The lowest BCUT2D eigenvalue weighted by atomic mass is 9.86. The molecule has 1 unspecified atom stereocenters. The second-order valence-electron chi connectivity index (χ2n) is 9.52. The van der Waals surface area contributed by atoms with Crippen LogP contribution in [0.2, 0.25) is 0 Å². The van der Waals surface area contributed by atoms with E-state index in [1.165, 1.54) is 0 Å². The Morgan fingerprint density at radius 2 is 1.94 bits per heavy atom. The summed E-state index contributed by atoms with van der Waals surface area (Å²) >= 11 is 0. The molecule has 0 radical (unpaired) electrons. The van der Waals surface area contributed by atoms with Crippen molar-refractivity contribution in [2.24, 2.45) is 5.41 Å². The Kier molecular flexibility index (Phi) is 3.85. The van der Waals surface area contributed by atoms with Crippen molar-refractivity contribution in [1.29, 1.82) is 0 Å². The Hall–Kier alpha value is -3.16. The van der Waals surface area contributed by atoms with E-state index in [-0.39, 0.29) is 16.9 Å². The first-order valence-electron chi connectivity index (χ1n) is 10.9. The van der Waals surface area contributed by atoms with E-state index in [0.29, 0.717) is 6.54 Å². The topological polar surface area (TPSA) is 87.2 Å². The smallest absolute Gasteiger partial charge is 0.230 e. The molecule has 6 rings (SSSR count). The molecule has 8 nitrogen and oxygen atoms in total. The number of benzene rings is 1. The molecule has 2 saturated heterocycles. The molecule has 3 aromatic rings. The second-order valence-corrected chi connectivity index (χ2v) is 9.52. The molecule has 160 valence electrons. The normalized spacial score (nSPS) is 24.5. The van der Waals surface area contributed by atoms with Crippen molar-refractivity contribution < 1.29 is 9.53 Å². The van der Waals surface area contributed by atoms with Crippen molar-refractivity contribution in [3.63, 3.8) is 0 Å². The van der Waals surface area contributed by atoms with Crippen LogP contribution in [-0.2, 0) is 4.79 Å². The van der Waals surface area contributed by atoms with E-state index in [1.54, 1.807) is 6.33 Å². The maximum atomic E-state index is 12.7. The first-order chi connectivity index (χ1) is 14.9. The summed E-state index contributed by atoms with van der Waals surface area (Å²) in [4.78, 5) is 25.8. The Morgan fingerprint density at radius 1 is 1.10 bits per heavy atom. The minimum atomic E-state index is -0.260. The summed E-state index contributed by atoms with van der Waals surface area (Å²) in [5, 5.41) is 8.61. The van der Waals surface area contributed by atoms with Crippen LogP contribution in [0.5, 0.6) is 5.75 Å². The number of amides is 1. The average Bonchev–Trinajstić information content (AvgIpc) is 3.11. The molecule has 1 saturated carbocycles. The molecule has 1 spiro atoms. The largest absolute Gasteiger partial charge is 0.488 e. The van der Waals surface area contributed by atoms with Crippen LogP contribution in [0, 0.1) is 5.41 Å². The molecule has 2 aromatic heterocycles. The Bertz CT molecular complexity index is 1190. The van der Waals surface area contributed by atoms with E-state index < -0.39 is 0 Å². The lowest BCUT2D eigenvalue weighted by Gasteiger charge is -2.22. The number of hydrogen-bond acceptors (Lipinski definition) is 6. The third-order valence-corrected chi connectivity index (χ3v) is 7.15. The van der Waals surface area contributed by atoms with Crippen LogP contribution in [0.15, 0.2) is 30.6 Å². The highest BCUT2D eigenvalue weighted by Gasteiger charge is 2.50. The van der Waals surface area contributed by atoms with Gasteiger partial charge in [-0.25, -0.2) is 9.97 Å². The van der Waals surface area contributed by atoms with E-state index in [0.717, 1.165) is 72.6 Å². The van der Waals surface area contributed by atoms with Gasteiger partial charge in [-0.05, 0) is 50.8 Å². The van der Waals surface area contributed by atoms with E-state index in [9.17, 15) is 4.79 Å². The van der Waals surface area contributed by atoms with Crippen LogP contribution in [0.25, 0.3) is 22.3 Å². The van der Waals surface area contributed by atoms with Gasteiger partial charge in [0.25, 0.3) is 0 Å². The highest BCUT2D eigenvalue weighted by molar-refractivity contribution is 5.93. The predicted octanol–water partition coefficient (Wildman–Crippen LogP) is 3.01. The number of nitrogens with zero attached hydrogens (tertiary/aromatic N) is 5. The lowest BCUT2D eigenvalue weighted by Crippen LogP contribution is -2.35. The summed E-state index contributed by atoms with van der Waals surface area (Å²) in [6, 6.07) is 8.00. The number of aromatic nitrogens is 4. The number of anilines is 1. The molecular weight excluding hydrogens is 392 g/mol. The molecule has 8 heteroatoms. The molecular formula is C23H26N6O2. The van der Waals surface area contributed by atoms with Crippen molar-refractivity contribution in [2.75, 3.05) is 31.6 Å². The highest BCUT2D eigenvalue weighted by Crippen LogP contribution is 2.42. The number of carbonyl (C=O) groups excluding carboxylic acids is 1. The predicted molar refractivity (Wildman–Crippen MR) is 117 cm³/mol.